The van der Waals surface area contributed by atoms with Gasteiger partial charge < -0.3 is 4.74 Å². The maximum Gasteiger partial charge on any atom is 0.411 e. The largest absolute Gasteiger partial charge is 0.453 e. The lowest BCUT2D eigenvalue weighted by molar-refractivity contribution is -0.384. The molecule has 1 aromatic carbocycles. The fourth-order valence-corrected chi connectivity index (χ4v) is 1.23. The molecule has 6 nitrogen and oxygen atoms in total. The van der Waals surface area contributed by atoms with Crippen LogP contribution in [0.5, 0.6) is 0 Å². The summed E-state index contributed by atoms with van der Waals surface area (Å²) in [5, 5.41) is 12.8. The van der Waals surface area contributed by atoms with E-state index in [0.29, 0.717) is 4.47 Å². The lowest BCUT2D eigenvalue weighted by Gasteiger charge is -2.05. The van der Waals surface area contributed by atoms with E-state index in [1.165, 1.54) is 25.3 Å². The van der Waals surface area contributed by atoms with Crippen molar-refractivity contribution in [1.82, 2.24) is 0 Å². The van der Waals surface area contributed by atoms with Crippen LogP contribution in [0.15, 0.2) is 22.7 Å². The van der Waals surface area contributed by atoms with Crippen molar-refractivity contribution >= 4 is 33.4 Å². The molecule has 0 spiro atoms. The Morgan fingerprint density at radius 3 is 2.80 bits per heavy atom. The predicted molar refractivity (Wildman–Crippen MR) is 56.8 cm³/mol. The van der Waals surface area contributed by atoms with Crippen LogP contribution in [0.3, 0.4) is 0 Å². The highest BCUT2D eigenvalue weighted by Crippen LogP contribution is 2.27. The number of rotatable bonds is 2. The Kier molecular flexibility index (Phi) is 3.62. The summed E-state index contributed by atoms with van der Waals surface area (Å²) in [7, 11) is 1.21. The second-order valence-corrected chi connectivity index (χ2v) is 3.39. The number of halogens is 1. The molecule has 0 fully saturated rings. The standard InChI is InChI=1S/C8H7BrN2O4/c1-15-8(12)10-7-4-5(11(13)14)2-3-6(7)9/h2-4H,1H3,(H,10,12). The highest BCUT2D eigenvalue weighted by atomic mass is 79.9. The average molecular weight is 275 g/mol. The third kappa shape index (κ3) is 2.91. The van der Waals surface area contributed by atoms with Crippen molar-refractivity contribution in [2.24, 2.45) is 0 Å². The molecular formula is C8H7BrN2O4. The number of ether oxygens (including phenoxy) is 1. The Morgan fingerprint density at radius 2 is 2.27 bits per heavy atom. The summed E-state index contributed by atoms with van der Waals surface area (Å²) in [4.78, 5) is 20.8. The second-order valence-electron chi connectivity index (χ2n) is 2.54. The van der Waals surface area contributed by atoms with Gasteiger partial charge in [-0.3, -0.25) is 15.4 Å². The van der Waals surface area contributed by atoms with Gasteiger partial charge in [-0.05, 0) is 22.0 Å². The van der Waals surface area contributed by atoms with Crippen LogP contribution in [0, 0.1) is 10.1 Å². The van der Waals surface area contributed by atoms with Crippen LogP contribution in [0.1, 0.15) is 0 Å². The number of amides is 1. The van der Waals surface area contributed by atoms with Crippen LogP contribution in [0.4, 0.5) is 16.2 Å². The maximum atomic E-state index is 10.9. The molecule has 0 aliphatic heterocycles. The fraction of sp³-hybridized carbons (Fsp3) is 0.125. The molecule has 0 heterocycles. The minimum atomic E-state index is -0.684. The van der Waals surface area contributed by atoms with Gasteiger partial charge in [-0.1, -0.05) is 0 Å². The average Bonchev–Trinajstić information content (AvgIpc) is 2.20. The molecule has 1 N–H and O–H groups in total. The Hall–Kier alpha value is -1.63. The van der Waals surface area contributed by atoms with Crippen LogP contribution >= 0.6 is 15.9 Å². The predicted octanol–water partition coefficient (Wildman–Crippen LogP) is 2.54. The number of non-ortho nitro benzene ring substituents is 1. The summed E-state index contributed by atoms with van der Waals surface area (Å²) in [5.41, 5.74) is 0.181. The number of anilines is 1. The van der Waals surface area contributed by atoms with Gasteiger partial charge in [-0.2, -0.15) is 0 Å². The van der Waals surface area contributed by atoms with Gasteiger partial charge in [0.1, 0.15) is 0 Å². The molecule has 0 saturated heterocycles. The van der Waals surface area contributed by atoms with Gasteiger partial charge >= 0.3 is 6.09 Å². The maximum absolute atomic E-state index is 10.9. The fourth-order valence-electron chi connectivity index (χ4n) is 0.884. The zero-order valence-electron chi connectivity index (χ0n) is 7.69. The van der Waals surface area contributed by atoms with Crippen molar-refractivity contribution in [3.63, 3.8) is 0 Å². The first-order valence-corrected chi connectivity index (χ1v) is 4.63. The van der Waals surface area contributed by atoms with E-state index in [1.54, 1.807) is 0 Å². The van der Waals surface area contributed by atoms with Gasteiger partial charge in [-0.25, -0.2) is 4.79 Å². The van der Waals surface area contributed by atoms with Crippen molar-refractivity contribution in [3.8, 4) is 0 Å². The number of carbonyl (C=O) groups excluding carboxylic acids is 1. The first-order chi connectivity index (χ1) is 7.04. The topological polar surface area (TPSA) is 81.5 Å². The molecule has 0 aromatic heterocycles. The van der Waals surface area contributed by atoms with E-state index in [2.05, 4.69) is 26.0 Å². The molecule has 0 aliphatic carbocycles. The number of hydrogen-bond donors (Lipinski definition) is 1. The molecule has 0 radical (unpaired) electrons. The first-order valence-electron chi connectivity index (χ1n) is 3.83. The quantitative estimate of drug-likeness (QED) is 0.664. The van der Waals surface area contributed by atoms with Crippen molar-refractivity contribution in [2.45, 2.75) is 0 Å². The van der Waals surface area contributed by atoms with E-state index in [9.17, 15) is 14.9 Å². The number of nitrogens with zero attached hydrogens (tertiary/aromatic N) is 1. The molecule has 1 aromatic rings. The van der Waals surface area contributed by atoms with Gasteiger partial charge in [0, 0.05) is 16.6 Å². The van der Waals surface area contributed by atoms with E-state index in [-0.39, 0.29) is 11.4 Å². The highest BCUT2D eigenvalue weighted by Gasteiger charge is 2.11. The number of nitro benzene ring substituents is 1. The van der Waals surface area contributed by atoms with E-state index < -0.39 is 11.0 Å². The summed E-state index contributed by atoms with van der Waals surface area (Å²) in [6.45, 7) is 0. The summed E-state index contributed by atoms with van der Waals surface area (Å²) >= 11 is 3.14. The van der Waals surface area contributed by atoms with Gasteiger partial charge in [0.2, 0.25) is 0 Å². The Labute approximate surface area is 93.5 Å². The number of nitro groups is 1. The SMILES string of the molecule is COC(=O)Nc1cc([N+](=O)[O-])ccc1Br. The third-order valence-corrected chi connectivity index (χ3v) is 2.27. The molecule has 15 heavy (non-hydrogen) atoms. The van der Waals surface area contributed by atoms with Crippen LogP contribution < -0.4 is 5.32 Å². The molecule has 0 bridgehead atoms. The van der Waals surface area contributed by atoms with E-state index in [0.717, 1.165) is 0 Å². The van der Waals surface area contributed by atoms with E-state index >= 15 is 0 Å². The molecular weight excluding hydrogens is 268 g/mol. The molecule has 0 aliphatic rings. The summed E-state index contributed by atoms with van der Waals surface area (Å²) in [6, 6.07) is 4.04. The molecule has 0 atom stereocenters. The van der Waals surface area contributed by atoms with E-state index in [1.807, 2.05) is 0 Å². The molecule has 0 saturated carbocycles. The van der Waals surface area contributed by atoms with Crippen molar-refractivity contribution < 1.29 is 14.5 Å². The van der Waals surface area contributed by atoms with Gasteiger partial charge in [-0.15, -0.1) is 0 Å². The van der Waals surface area contributed by atoms with Crippen molar-refractivity contribution in [2.75, 3.05) is 12.4 Å². The molecule has 0 unspecified atom stereocenters. The number of hydrogen-bond acceptors (Lipinski definition) is 4. The lowest BCUT2D eigenvalue weighted by Crippen LogP contribution is -2.11. The monoisotopic (exact) mass is 274 g/mol. The van der Waals surface area contributed by atoms with Crippen LogP contribution in [0.25, 0.3) is 0 Å². The molecule has 1 rings (SSSR count). The molecule has 80 valence electrons. The normalized spacial score (nSPS) is 9.47. The lowest BCUT2D eigenvalue weighted by atomic mass is 10.3. The van der Waals surface area contributed by atoms with E-state index in [4.69, 9.17) is 0 Å². The minimum Gasteiger partial charge on any atom is -0.453 e. The number of benzene rings is 1. The second kappa shape index (κ2) is 4.74. The number of methoxy groups -OCH3 is 1. The van der Waals surface area contributed by atoms with Crippen LogP contribution in [-0.2, 0) is 4.74 Å². The minimum absolute atomic E-state index is 0.107. The molecule has 7 heteroatoms. The molecule has 1 amide bonds. The zero-order chi connectivity index (χ0) is 11.4. The highest BCUT2D eigenvalue weighted by molar-refractivity contribution is 9.10. The smallest absolute Gasteiger partial charge is 0.411 e. The van der Waals surface area contributed by atoms with Crippen molar-refractivity contribution in [3.05, 3.63) is 32.8 Å². The Balaban J connectivity index is 3.00. The van der Waals surface area contributed by atoms with Gasteiger partial charge in [0.15, 0.2) is 0 Å². The Bertz CT molecular complexity index is 408. The number of nitrogens with one attached hydrogen (secondary N) is 1. The van der Waals surface area contributed by atoms with Gasteiger partial charge in [0.05, 0.1) is 17.7 Å². The summed E-state index contributed by atoms with van der Waals surface area (Å²) < 4.78 is 4.91. The van der Waals surface area contributed by atoms with Crippen molar-refractivity contribution in [1.29, 1.82) is 0 Å². The van der Waals surface area contributed by atoms with Crippen LogP contribution in [0.2, 0.25) is 0 Å². The summed E-state index contributed by atoms with van der Waals surface area (Å²) in [5.74, 6) is 0. The van der Waals surface area contributed by atoms with Gasteiger partial charge in [0.25, 0.3) is 5.69 Å². The first kappa shape index (κ1) is 11.4. The Morgan fingerprint density at radius 1 is 1.60 bits per heavy atom. The number of carbonyl (C=O) groups is 1. The van der Waals surface area contributed by atoms with Crippen LogP contribution in [-0.4, -0.2) is 18.1 Å². The zero-order valence-corrected chi connectivity index (χ0v) is 9.28. The third-order valence-electron chi connectivity index (χ3n) is 1.58. The summed E-state index contributed by atoms with van der Waals surface area (Å²) in [6.07, 6.45) is -0.684.